The third-order valence-electron chi connectivity index (χ3n) is 5.47. The minimum Gasteiger partial charge on any atom is -0.349 e. The molecule has 2 atom stereocenters. The van der Waals surface area contributed by atoms with Gasteiger partial charge in [-0.15, -0.1) is 0 Å². The Morgan fingerprint density at radius 3 is 2.79 bits per heavy atom. The maximum absolute atomic E-state index is 14.0. The van der Waals surface area contributed by atoms with E-state index in [1.54, 1.807) is 13.0 Å². The number of hydrogen-bond acceptors (Lipinski definition) is 3. The second kappa shape index (κ2) is 6.76. The standard InChI is InChI=1S/C20H19F3N3O2.H2/c1-11(18-16(23)8-15(22)9-24-18)25-19(28)20(4-5-20)26-10-13-6-14(21)3-2-12(13)7-17(26)27;/h2-3,6,8-9,11,15H,4-5,7,10H2,1H3,(H,25,28);1H/t11-,15?;/m1./s1. The third-order valence-corrected chi connectivity index (χ3v) is 5.47. The fourth-order valence-electron chi connectivity index (χ4n) is 3.76. The Labute approximate surface area is 161 Å². The van der Waals surface area contributed by atoms with Crippen LogP contribution >= 0.6 is 0 Å². The highest BCUT2D eigenvalue weighted by atomic mass is 19.1. The zero-order valence-corrected chi connectivity index (χ0v) is 15.2. The summed E-state index contributed by atoms with van der Waals surface area (Å²) in [5, 5.41) is 2.69. The molecule has 0 saturated heterocycles. The van der Waals surface area contributed by atoms with Gasteiger partial charge in [-0.1, -0.05) is 6.07 Å². The number of carbonyl (C=O) groups excluding carboxylic acids is 2. The monoisotopic (exact) mass is 392 g/mol. The van der Waals surface area contributed by atoms with Crippen molar-refractivity contribution in [1.82, 2.24) is 10.2 Å². The summed E-state index contributed by atoms with van der Waals surface area (Å²) in [5.41, 5.74) is 0.421. The Morgan fingerprint density at radius 1 is 1.36 bits per heavy atom. The van der Waals surface area contributed by atoms with Crippen LogP contribution in [-0.4, -0.2) is 40.7 Å². The Hall–Kier alpha value is -2.64. The molecule has 149 valence electrons. The highest BCUT2D eigenvalue weighted by Gasteiger charge is 2.57. The first-order valence-electron chi connectivity index (χ1n) is 9.12. The molecule has 5 nitrogen and oxygen atoms in total. The van der Waals surface area contributed by atoms with Crippen molar-refractivity contribution in [2.75, 3.05) is 0 Å². The van der Waals surface area contributed by atoms with Gasteiger partial charge in [-0.3, -0.25) is 14.6 Å². The molecule has 1 saturated carbocycles. The molecule has 1 aliphatic carbocycles. The van der Waals surface area contributed by atoms with E-state index in [9.17, 15) is 22.8 Å². The molecule has 2 heterocycles. The van der Waals surface area contributed by atoms with Crippen molar-refractivity contribution in [2.24, 2.45) is 4.99 Å². The lowest BCUT2D eigenvalue weighted by molar-refractivity contribution is -0.143. The van der Waals surface area contributed by atoms with E-state index in [1.807, 2.05) is 0 Å². The molecule has 1 radical (unpaired) electrons. The highest BCUT2D eigenvalue weighted by molar-refractivity contribution is 5.95. The van der Waals surface area contributed by atoms with Crippen LogP contribution in [0.4, 0.5) is 13.2 Å². The molecule has 1 unspecified atom stereocenters. The van der Waals surface area contributed by atoms with Gasteiger partial charge < -0.3 is 10.2 Å². The molecule has 2 aliphatic heterocycles. The van der Waals surface area contributed by atoms with Gasteiger partial charge >= 0.3 is 0 Å². The number of alkyl halides is 1. The molecule has 1 aromatic carbocycles. The third kappa shape index (κ3) is 3.21. The lowest BCUT2D eigenvalue weighted by Crippen LogP contribution is -2.55. The Bertz CT molecular complexity index is 901. The Morgan fingerprint density at radius 2 is 2.11 bits per heavy atom. The van der Waals surface area contributed by atoms with Gasteiger partial charge in [0, 0.05) is 14.2 Å². The molecule has 28 heavy (non-hydrogen) atoms. The van der Waals surface area contributed by atoms with Crippen LogP contribution in [0.3, 0.4) is 0 Å². The summed E-state index contributed by atoms with van der Waals surface area (Å²) in [6.45, 7) is 1.70. The number of rotatable bonds is 4. The average molecular weight is 392 g/mol. The van der Waals surface area contributed by atoms with Crippen LogP contribution in [0.5, 0.6) is 0 Å². The summed E-state index contributed by atoms with van der Waals surface area (Å²) in [7, 11) is 0. The Kier molecular flexibility index (Phi) is 4.51. The molecule has 4 rings (SSSR count). The maximum Gasteiger partial charge on any atom is 0.246 e. The fourth-order valence-corrected chi connectivity index (χ4v) is 3.76. The predicted octanol–water partition coefficient (Wildman–Crippen LogP) is 2.80. The smallest absolute Gasteiger partial charge is 0.246 e. The van der Waals surface area contributed by atoms with E-state index >= 15 is 0 Å². The molecule has 8 heteroatoms. The number of dihydropyridines is 1. The van der Waals surface area contributed by atoms with Gasteiger partial charge in [0.25, 0.3) is 0 Å². The first-order valence-corrected chi connectivity index (χ1v) is 9.12. The van der Waals surface area contributed by atoms with Crippen LogP contribution in [0.15, 0.2) is 35.1 Å². The van der Waals surface area contributed by atoms with Gasteiger partial charge in [-0.05, 0) is 49.1 Å². The molecule has 1 N–H and O–H groups in total. The van der Waals surface area contributed by atoms with Gasteiger partial charge in [-0.25, -0.2) is 13.2 Å². The maximum atomic E-state index is 14.0. The summed E-state index contributed by atoms with van der Waals surface area (Å²) in [4.78, 5) is 30.8. The first kappa shape index (κ1) is 18.7. The lowest BCUT2D eigenvalue weighted by atomic mass is 9.96. The second-order valence-corrected chi connectivity index (χ2v) is 7.42. The van der Waals surface area contributed by atoms with Crippen molar-refractivity contribution in [1.29, 1.82) is 0 Å². The van der Waals surface area contributed by atoms with E-state index in [4.69, 9.17) is 0 Å². The van der Waals surface area contributed by atoms with Crippen LogP contribution < -0.4 is 5.32 Å². The summed E-state index contributed by atoms with van der Waals surface area (Å²) in [5.74, 6) is -1.82. The van der Waals surface area contributed by atoms with Gasteiger partial charge in [0.15, 0.2) is 12.2 Å². The minimum absolute atomic E-state index is 0. The summed E-state index contributed by atoms with van der Waals surface area (Å²) >= 11 is 0. The average Bonchev–Trinajstić information content (AvgIpc) is 3.43. The molecule has 1 fully saturated rings. The number of halogens is 3. The van der Waals surface area contributed by atoms with Crippen LogP contribution in [0.1, 0.15) is 32.3 Å². The Balaban J connectivity index is 0.00000240. The number of aliphatic imine (C=N–C) groups is 1. The van der Waals surface area contributed by atoms with Crippen LogP contribution in [-0.2, 0) is 22.6 Å². The second-order valence-electron chi connectivity index (χ2n) is 7.42. The zero-order valence-electron chi connectivity index (χ0n) is 15.2. The van der Waals surface area contributed by atoms with Gasteiger partial charge in [0.1, 0.15) is 17.2 Å². The molecular weight excluding hydrogens is 371 g/mol. The van der Waals surface area contributed by atoms with Crippen LogP contribution in [0.2, 0.25) is 0 Å². The van der Waals surface area contributed by atoms with Crippen molar-refractivity contribution in [3.05, 3.63) is 53.1 Å². The van der Waals surface area contributed by atoms with E-state index in [2.05, 4.69) is 10.3 Å². The number of nitrogens with one attached hydrogen (secondary N) is 1. The van der Waals surface area contributed by atoms with Crippen molar-refractivity contribution >= 4 is 18.0 Å². The van der Waals surface area contributed by atoms with Gasteiger partial charge in [0.05, 0.1) is 12.5 Å². The number of fused-ring (bicyclic) bond motifs is 1. The van der Waals surface area contributed by atoms with Gasteiger partial charge in [0.2, 0.25) is 11.8 Å². The van der Waals surface area contributed by atoms with Crippen LogP contribution in [0, 0.1) is 11.9 Å². The van der Waals surface area contributed by atoms with E-state index < -0.39 is 35.3 Å². The minimum atomic E-state index is -1.59. The summed E-state index contributed by atoms with van der Waals surface area (Å²) in [6, 6.07) is 3.44. The van der Waals surface area contributed by atoms with Gasteiger partial charge in [-0.2, -0.15) is 0 Å². The normalized spacial score (nSPS) is 24.4. The highest BCUT2D eigenvalue weighted by Crippen LogP contribution is 2.45. The van der Waals surface area contributed by atoms with Crippen molar-refractivity contribution in [3.63, 3.8) is 0 Å². The molecule has 0 bridgehead atoms. The van der Waals surface area contributed by atoms with E-state index in [0.717, 1.165) is 17.9 Å². The number of nitrogens with zero attached hydrogens (tertiary/aromatic N) is 2. The largest absolute Gasteiger partial charge is 0.349 e. The summed E-state index contributed by atoms with van der Waals surface area (Å²) in [6.07, 6.45) is 1.23. The molecule has 2 amide bonds. The predicted molar refractivity (Wildman–Crippen MR) is 98.2 cm³/mol. The summed E-state index contributed by atoms with van der Waals surface area (Å²) < 4.78 is 40.6. The molecule has 3 aliphatic rings. The van der Waals surface area contributed by atoms with E-state index in [-0.39, 0.29) is 26.3 Å². The molecule has 0 spiro atoms. The number of allylic oxidation sites excluding steroid dienone is 1. The topological polar surface area (TPSA) is 61.8 Å². The van der Waals surface area contributed by atoms with Crippen molar-refractivity contribution in [2.45, 2.75) is 50.5 Å². The molecule has 1 aromatic rings. The number of carbonyl (C=O) groups is 2. The SMILES string of the molecule is C[C@@H](NC(=O)C1(N2Cc3cc(F)ccc3CC2=O)CC1)[C]1N=CC(F)C=C1F.[HH]. The molecular formula is C20H21F3N3O2. The van der Waals surface area contributed by atoms with E-state index in [0.29, 0.717) is 18.4 Å². The fraction of sp³-hybridized carbons (Fsp3) is 0.400. The number of hydrogen-bond donors (Lipinski definition) is 1. The van der Waals surface area contributed by atoms with Crippen molar-refractivity contribution in [3.8, 4) is 0 Å². The van der Waals surface area contributed by atoms with Crippen LogP contribution in [0.25, 0.3) is 0 Å². The zero-order chi connectivity index (χ0) is 20.1. The number of amides is 2. The van der Waals surface area contributed by atoms with Crippen molar-refractivity contribution < 1.29 is 24.2 Å². The number of benzene rings is 1. The van der Waals surface area contributed by atoms with E-state index in [1.165, 1.54) is 17.0 Å². The molecule has 0 aromatic heterocycles. The lowest BCUT2D eigenvalue weighted by Gasteiger charge is -2.36. The quantitative estimate of drug-likeness (QED) is 0.857. The first-order chi connectivity index (χ1) is 13.3.